The molecule has 2 heterocycles. The van der Waals surface area contributed by atoms with Crippen molar-refractivity contribution >= 4 is 28.4 Å². The van der Waals surface area contributed by atoms with Gasteiger partial charge in [0.05, 0.1) is 19.2 Å². The highest BCUT2D eigenvalue weighted by molar-refractivity contribution is 8.16. The largest absolute Gasteiger partial charge is 0.496 e. The van der Waals surface area contributed by atoms with Crippen LogP contribution in [0.1, 0.15) is 179 Å². The Morgan fingerprint density at radius 1 is 0.911 bits per heavy atom. The summed E-state index contributed by atoms with van der Waals surface area (Å²) in [5.41, 5.74) is -0.827. The lowest BCUT2D eigenvalue weighted by Crippen LogP contribution is -2.45. The van der Waals surface area contributed by atoms with Crippen LogP contribution in [-0.4, -0.2) is 42.2 Å². The number of nitrogens with zero attached hydrogens (tertiary/aromatic N) is 2. The summed E-state index contributed by atoms with van der Waals surface area (Å²) in [6.45, 7) is 5.54. The van der Waals surface area contributed by atoms with Gasteiger partial charge in [-0.3, -0.25) is 9.79 Å². The number of aliphatic imine (C=N–C) groups is 1. The van der Waals surface area contributed by atoms with Gasteiger partial charge >= 0.3 is 5.63 Å². The summed E-state index contributed by atoms with van der Waals surface area (Å²) in [6.07, 6.45) is 1.41. The highest BCUT2D eigenvalue weighted by Gasteiger charge is 2.40. The minimum atomic E-state index is -0.935. The Morgan fingerprint density at radius 2 is 1.36 bits per heavy atom. The smallest absolute Gasteiger partial charge is 0.339 e. The van der Waals surface area contributed by atoms with Crippen LogP contribution in [0.3, 0.4) is 0 Å². The first-order valence-electron chi connectivity index (χ1n) is 8.63. The van der Waals surface area contributed by atoms with E-state index in [-0.39, 0.29) is 140 Å². The lowest BCUT2D eigenvalue weighted by Gasteiger charge is -2.24. The molecule has 2 atom stereocenters. The van der Waals surface area contributed by atoms with Gasteiger partial charge in [0.25, 0.3) is 0 Å². The minimum absolute atomic E-state index is 0. The Morgan fingerprint density at radius 3 is 1.73 bits per heavy atom. The predicted molar refractivity (Wildman–Crippen MR) is 227 cm³/mol. The van der Waals surface area contributed by atoms with Crippen molar-refractivity contribution in [1.29, 1.82) is 0 Å². The van der Waals surface area contributed by atoms with E-state index in [1.807, 2.05) is 6.92 Å². The number of carbonyl (C=O) groups excluding carboxylic acids is 1. The van der Waals surface area contributed by atoms with E-state index in [2.05, 4.69) is 15.5 Å². The zero-order valence-electron chi connectivity index (χ0n) is 16.2. The zero-order valence-corrected chi connectivity index (χ0v) is 17.0. The highest BCUT2D eigenvalue weighted by Crippen LogP contribution is 2.30. The monoisotopic (exact) mass is 684 g/mol. The van der Waals surface area contributed by atoms with E-state index in [0.29, 0.717) is 34.4 Å². The van der Waals surface area contributed by atoms with Crippen molar-refractivity contribution < 1.29 is 18.8 Å². The van der Waals surface area contributed by atoms with Gasteiger partial charge in [-0.2, -0.15) is 0 Å². The maximum absolute atomic E-state index is 12.9. The van der Waals surface area contributed by atoms with Crippen LogP contribution >= 0.6 is 11.8 Å². The standard InChI is InChI=1S/C18H25N3O5S.18CH4/c1-6-7-13(14-8-12(24-4)9-15(22)26-14)19-17(23)18(3)10-27-16(20-18)11(2)21-25-5;;;;;;;;;;;;;;;;;;/h8-9,13H,6-7,10H2,1-5H3,(H,19,23);18*1H4/b21-11+;;;;;;;;;;;;;;;;;;/t13-,18+;;;;;;;;;;;;;;;;;;/m1................../s1. The summed E-state index contributed by atoms with van der Waals surface area (Å²) in [6, 6.07) is 2.44. The van der Waals surface area contributed by atoms with Crippen molar-refractivity contribution in [2.45, 2.75) is 179 Å². The average molecular weight is 684 g/mol. The lowest BCUT2D eigenvalue weighted by molar-refractivity contribution is -0.125. The second-order valence-corrected chi connectivity index (χ2v) is 7.34. The summed E-state index contributed by atoms with van der Waals surface area (Å²) in [7, 11) is 2.94. The first-order valence-corrected chi connectivity index (χ1v) is 9.62. The number of amides is 1. The van der Waals surface area contributed by atoms with Gasteiger partial charge in [0.1, 0.15) is 34.9 Å². The number of thioether (sulfide) groups is 1. The van der Waals surface area contributed by atoms with Crippen molar-refractivity contribution in [1.82, 2.24) is 5.32 Å². The van der Waals surface area contributed by atoms with Gasteiger partial charge in [-0.1, -0.05) is 152 Å². The van der Waals surface area contributed by atoms with Crippen LogP contribution in [0.4, 0.5) is 0 Å². The summed E-state index contributed by atoms with van der Waals surface area (Å²) in [5.74, 6) is 1.02. The normalized spacial score (nSPS) is 12.5. The first kappa shape index (κ1) is 112. The molecule has 2 rings (SSSR count). The second-order valence-electron chi connectivity index (χ2n) is 6.37. The molecule has 0 aromatic carbocycles. The summed E-state index contributed by atoms with van der Waals surface area (Å²) in [4.78, 5) is 34.0. The SMILES string of the molecule is C.C.C.C.C.C.C.C.C.C.C.C.C.C.C.C.C.C.CCC[C@@H](NC(=O)[C@]1(C)CSC(/C(C)=N/OC)=N1)c1cc(OC)cc(=O)o1. The van der Waals surface area contributed by atoms with Gasteiger partial charge in [0.15, 0.2) is 0 Å². The molecule has 1 aromatic heterocycles. The number of rotatable bonds is 8. The Kier molecular flexibility index (Phi) is 128. The van der Waals surface area contributed by atoms with Crippen molar-refractivity contribution in [3.05, 3.63) is 28.3 Å². The quantitative estimate of drug-likeness (QED) is 0.216. The maximum Gasteiger partial charge on any atom is 0.339 e. The van der Waals surface area contributed by atoms with Crippen LogP contribution in [0.2, 0.25) is 0 Å². The number of hydrogen-bond donors (Lipinski definition) is 1. The lowest BCUT2D eigenvalue weighted by atomic mass is 10.0. The average Bonchev–Trinajstić information content (AvgIpc) is 3.04. The Balaban J connectivity index is -0.0000000290. The van der Waals surface area contributed by atoms with E-state index < -0.39 is 17.2 Å². The van der Waals surface area contributed by atoms with Crippen LogP contribution in [0.25, 0.3) is 0 Å². The second kappa shape index (κ2) is 51.3. The molecule has 1 N–H and O–H groups in total. The van der Waals surface area contributed by atoms with E-state index in [4.69, 9.17) is 14.0 Å². The molecule has 0 unspecified atom stereocenters. The van der Waals surface area contributed by atoms with E-state index in [1.54, 1.807) is 19.9 Å². The van der Waals surface area contributed by atoms with Crippen LogP contribution in [-0.2, 0) is 9.63 Å². The van der Waals surface area contributed by atoms with E-state index >= 15 is 0 Å². The summed E-state index contributed by atoms with van der Waals surface area (Å²) >= 11 is 1.46. The van der Waals surface area contributed by atoms with Crippen LogP contribution in [0.15, 0.2) is 31.5 Å². The summed E-state index contributed by atoms with van der Waals surface area (Å²) < 4.78 is 10.4. The van der Waals surface area contributed by atoms with Crippen molar-refractivity contribution in [2.75, 3.05) is 20.0 Å². The third-order valence-electron chi connectivity index (χ3n) is 4.09. The Bertz CT molecular complexity index is 812. The van der Waals surface area contributed by atoms with Gasteiger partial charge in [0, 0.05) is 11.8 Å². The molecule has 1 aliphatic rings. The first-order chi connectivity index (χ1) is 12.8. The molecule has 0 bridgehead atoms. The molecular formula is C36H97N3O5S. The van der Waals surface area contributed by atoms with Crippen LogP contribution in [0, 0.1) is 0 Å². The van der Waals surface area contributed by atoms with Gasteiger partial charge in [-0.25, -0.2) is 4.79 Å². The van der Waals surface area contributed by atoms with E-state index in [9.17, 15) is 9.59 Å². The fraction of sp³-hybridized carbons (Fsp3) is 0.778. The Labute approximate surface area is 295 Å². The minimum Gasteiger partial charge on any atom is -0.496 e. The van der Waals surface area contributed by atoms with Gasteiger partial charge in [-0.15, -0.1) is 11.8 Å². The molecule has 45 heavy (non-hydrogen) atoms. The summed E-state index contributed by atoms with van der Waals surface area (Å²) in [5, 5.41) is 7.51. The fourth-order valence-corrected chi connectivity index (χ4v) is 3.75. The van der Waals surface area contributed by atoms with Crippen molar-refractivity contribution in [2.24, 2.45) is 10.1 Å². The molecule has 0 aliphatic carbocycles. The molecule has 0 saturated carbocycles. The molecule has 0 radical (unpaired) electrons. The number of methoxy groups -OCH3 is 1. The number of ether oxygens (including phenoxy) is 1. The molecule has 0 saturated heterocycles. The molecule has 8 nitrogen and oxygen atoms in total. The number of oxime groups is 1. The topological polar surface area (TPSA) is 102 Å². The molecule has 9 heteroatoms. The molecule has 1 aromatic rings. The zero-order chi connectivity index (χ0) is 20.0. The third kappa shape index (κ3) is 30.1. The van der Waals surface area contributed by atoms with Gasteiger partial charge in [-0.05, 0) is 20.3 Å². The number of carbonyl (C=O) groups is 1. The highest BCUT2D eigenvalue weighted by atomic mass is 32.2. The molecule has 0 spiro atoms. The molecule has 0 fully saturated rings. The fourth-order valence-electron chi connectivity index (χ4n) is 2.63. The number of nitrogens with one attached hydrogen (secondary N) is 1. The van der Waals surface area contributed by atoms with E-state index in [1.165, 1.54) is 32.0 Å². The maximum atomic E-state index is 12.9. The van der Waals surface area contributed by atoms with Crippen molar-refractivity contribution in [3.63, 3.8) is 0 Å². The van der Waals surface area contributed by atoms with E-state index in [0.717, 1.165) is 6.42 Å². The molecular weight excluding hydrogens is 586 g/mol. The molecule has 292 valence electrons. The number of hydrogen-bond acceptors (Lipinski definition) is 8. The van der Waals surface area contributed by atoms with Crippen LogP contribution < -0.4 is 15.7 Å². The Hall–Kier alpha value is -2.29. The van der Waals surface area contributed by atoms with Gasteiger partial charge < -0.3 is 19.3 Å². The van der Waals surface area contributed by atoms with Gasteiger partial charge in [0.2, 0.25) is 5.91 Å². The predicted octanol–water partition coefficient (Wildman–Crippen LogP) is 14.0. The molecule has 1 aliphatic heterocycles. The van der Waals surface area contributed by atoms with Crippen LogP contribution in [0.5, 0.6) is 5.75 Å². The van der Waals surface area contributed by atoms with Crippen molar-refractivity contribution in [3.8, 4) is 5.75 Å². The third-order valence-corrected chi connectivity index (χ3v) is 5.46. The molecule has 1 amide bonds.